The molecule has 14 nitrogen and oxygen atoms in total. The number of hydrogen-bond donors (Lipinski definition) is 5. The van der Waals surface area contributed by atoms with E-state index in [0.29, 0.717) is 22.2 Å². The number of imidazole rings is 2. The topological polar surface area (TPSA) is 195 Å². The molecular weight excluding hydrogens is 456 g/mol. The Morgan fingerprint density at radius 3 is 2.86 bits per heavy atom. The fourth-order valence-corrected chi connectivity index (χ4v) is 4.28. The van der Waals surface area contributed by atoms with Crippen molar-refractivity contribution in [2.75, 3.05) is 17.7 Å². The van der Waals surface area contributed by atoms with Gasteiger partial charge in [-0.1, -0.05) is 0 Å². The molecule has 3 atom stereocenters. The summed E-state index contributed by atoms with van der Waals surface area (Å²) in [6, 6.07) is 3.24. The van der Waals surface area contributed by atoms with E-state index in [0.717, 1.165) is 4.57 Å². The Labute approximate surface area is 200 Å². The van der Waals surface area contributed by atoms with Crippen LogP contribution in [0.1, 0.15) is 22.5 Å². The molecular formula is C21H22N10O4. The van der Waals surface area contributed by atoms with Crippen LogP contribution in [-0.4, -0.2) is 68.1 Å². The summed E-state index contributed by atoms with van der Waals surface area (Å²) in [6.45, 7) is -1.34. The van der Waals surface area contributed by atoms with E-state index in [-0.39, 0.29) is 40.9 Å². The van der Waals surface area contributed by atoms with Crippen LogP contribution in [0, 0.1) is 6.92 Å². The normalized spacial score (nSPS) is 22.0. The highest BCUT2D eigenvalue weighted by Gasteiger charge is 2.37. The molecule has 6 rings (SSSR count). The number of nitrogens with one attached hydrogen (secondary N) is 2. The number of aromatic nitrogens is 8. The maximum Gasteiger partial charge on any atom is 0.280 e. The molecule has 5 aromatic rings. The van der Waals surface area contributed by atoms with Gasteiger partial charge in [-0.05, 0) is 19.1 Å². The first-order valence-corrected chi connectivity index (χ1v) is 10.7. The third-order valence-electron chi connectivity index (χ3n) is 5.92. The van der Waals surface area contributed by atoms with E-state index in [1.54, 1.807) is 25.3 Å². The Balaban J connectivity index is 1.58. The summed E-state index contributed by atoms with van der Waals surface area (Å²) in [5.41, 5.74) is 7.22. The Morgan fingerprint density at radius 2 is 2.09 bits per heavy atom. The van der Waals surface area contributed by atoms with Crippen LogP contribution in [-0.2, 0) is 11.7 Å². The molecule has 3 unspecified atom stereocenters. The molecule has 1 saturated heterocycles. The van der Waals surface area contributed by atoms with Gasteiger partial charge >= 0.3 is 0 Å². The maximum atomic E-state index is 12.6. The average molecular weight is 481 g/mol. The number of rotatable bonds is 4. The quantitative estimate of drug-likeness (QED) is 0.236. The Kier molecular flexibility index (Phi) is 4.00. The van der Waals surface area contributed by atoms with E-state index in [4.69, 9.17) is 14.6 Å². The van der Waals surface area contributed by atoms with E-state index < -0.39 is 37.6 Å². The highest BCUT2D eigenvalue weighted by Crippen LogP contribution is 2.35. The molecule has 180 valence electrons. The zero-order chi connectivity index (χ0) is 26.9. The lowest BCUT2D eigenvalue weighted by atomic mass is 10.2. The van der Waals surface area contributed by atoms with Crippen molar-refractivity contribution in [3.05, 3.63) is 34.4 Å². The van der Waals surface area contributed by atoms with Crippen LogP contribution < -0.4 is 16.6 Å². The van der Waals surface area contributed by atoms with E-state index in [2.05, 4.69) is 35.2 Å². The van der Waals surface area contributed by atoms with Gasteiger partial charge < -0.3 is 25.3 Å². The van der Waals surface area contributed by atoms with E-state index >= 15 is 0 Å². The second-order valence-electron chi connectivity index (χ2n) is 8.25. The zero-order valence-corrected chi connectivity index (χ0v) is 18.3. The summed E-state index contributed by atoms with van der Waals surface area (Å²) in [4.78, 5) is 36.9. The number of nitrogens with two attached hydrogens (primary N) is 1. The minimum Gasteiger partial charge on any atom is -0.394 e. The summed E-state index contributed by atoms with van der Waals surface area (Å²) < 4.78 is 32.7. The van der Waals surface area contributed by atoms with Crippen LogP contribution in [0.2, 0.25) is 0 Å². The first kappa shape index (κ1) is 18.2. The molecule has 0 aliphatic carbocycles. The minimum atomic E-state index is -2.67. The zero-order valence-electron chi connectivity index (χ0n) is 21.3. The van der Waals surface area contributed by atoms with Crippen molar-refractivity contribution in [2.45, 2.75) is 31.8 Å². The summed E-state index contributed by atoms with van der Waals surface area (Å²) in [5.74, 6) is -0.330. The summed E-state index contributed by atoms with van der Waals surface area (Å²) in [6.07, 6.45) is -1.17. The van der Waals surface area contributed by atoms with Gasteiger partial charge in [0.15, 0.2) is 11.2 Å². The number of aromatic amines is 1. The van der Waals surface area contributed by atoms with Gasteiger partial charge in [-0.25, -0.2) is 15.0 Å². The molecule has 14 heteroatoms. The van der Waals surface area contributed by atoms with Gasteiger partial charge in [-0.15, -0.1) is 0 Å². The number of nitrogen functional groups attached to an aromatic ring is 1. The van der Waals surface area contributed by atoms with E-state index in [1.165, 1.54) is 4.57 Å². The highest BCUT2D eigenvalue weighted by molar-refractivity contribution is 6.01. The smallest absolute Gasteiger partial charge is 0.280 e. The van der Waals surface area contributed by atoms with Crippen LogP contribution >= 0.6 is 0 Å². The number of ether oxygens (including phenoxy) is 1. The van der Waals surface area contributed by atoms with Crippen LogP contribution in [0.25, 0.3) is 33.2 Å². The Bertz CT molecular complexity index is 1780. The predicted molar refractivity (Wildman–Crippen MR) is 126 cm³/mol. The molecule has 1 aromatic carbocycles. The van der Waals surface area contributed by atoms with Crippen molar-refractivity contribution in [1.82, 2.24) is 39.0 Å². The molecule has 0 saturated carbocycles. The first-order chi connectivity index (χ1) is 18.0. The van der Waals surface area contributed by atoms with Crippen LogP contribution in [0.15, 0.2) is 23.1 Å². The molecule has 0 bridgehead atoms. The van der Waals surface area contributed by atoms with Gasteiger partial charge in [-0.2, -0.15) is 4.98 Å². The van der Waals surface area contributed by atoms with Crippen molar-refractivity contribution in [3.63, 3.8) is 0 Å². The maximum absolute atomic E-state index is 12.6. The predicted octanol–water partition coefficient (Wildman–Crippen LogP) is 0.224. The molecule has 0 amide bonds. The van der Waals surface area contributed by atoms with Crippen molar-refractivity contribution in [1.29, 1.82) is 0 Å². The highest BCUT2D eigenvalue weighted by atomic mass is 16.5. The van der Waals surface area contributed by atoms with Crippen LogP contribution in [0.4, 0.5) is 17.8 Å². The second kappa shape index (κ2) is 7.69. The molecule has 0 spiro atoms. The molecule has 1 aliphatic heterocycles. The largest absolute Gasteiger partial charge is 0.394 e. The Hall–Kier alpha value is -4.14. The molecule has 6 N–H and O–H groups in total. The van der Waals surface area contributed by atoms with Crippen LogP contribution in [0.3, 0.4) is 0 Å². The third kappa shape index (κ3) is 3.30. The van der Waals surface area contributed by atoms with Crippen molar-refractivity contribution < 1.29 is 19.1 Å². The van der Waals surface area contributed by atoms with Gasteiger partial charge in [0.25, 0.3) is 5.56 Å². The Morgan fingerprint density at radius 1 is 1.26 bits per heavy atom. The lowest BCUT2D eigenvalue weighted by Crippen LogP contribution is -2.24. The van der Waals surface area contributed by atoms with E-state index in [1.807, 2.05) is 0 Å². The second-order valence-corrected chi connectivity index (χ2v) is 8.25. The number of benzene rings is 1. The summed E-state index contributed by atoms with van der Waals surface area (Å²) in [7, 11) is 0. The third-order valence-corrected chi connectivity index (χ3v) is 5.92. The SMILES string of the molecule is [2H]C([2H])([2H])n1c(Nc2nc3c(=O)[nH]c(N)nc3n2C2CC(O)C(CO)O2)nc2c3nc(C)cnc3ccc21. The molecule has 4 aromatic heterocycles. The van der Waals surface area contributed by atoms with Crippen LogP contribution in [0.5, 0.6) is 0 Å². The molecule has 0 radical (unpaired) electrons. The first-order valence-electron chi connectivity index (χ1n) is 12.2. The van der Waals surface area contributed by atoms with E-state index in [9.17, 15) is 15.0 Å². The van der Waals surface area contributed by atoms with Crippen molar-refractivity contribution in [2.24, 2.45) is 6.98 Å². The lowest BCUT2D eigenvalue weighted by molar-refractivity contribution is -0.0425. The number of nitrogens with zero attached hydrogens (tertiary/aromatic N) is 7. The number of H-pyrrole nitrogens is 1. The monoisotopic (exact) mass is 481 g/mol. The van der Waals surface area contributed by atoms with Gasteiger partial charge in [0.2, 0.25) is 17.8 Å². The lowest BCUT2D eigenvalue weighted by Gasteiger charge is -2.17. The molecule has 1 fully saturated rings. The number of anilines is 3. The number of hydrogen-bond acceptors (Lipinski definition) is 11. The van der Waals surface area contributed by atoms with Gasteiger partial charge in [0.05, 0.1) is 29.4 Å². The van der Waals surface area contributed by atoms with Gasteiger partial charge in [0, 0.05) is 23.7 Å². The number of fused-ring (bicyclic) bond motifs is 4. The average Bonchev–Trinajstić information content (AvgIpc) is 3.51. The summed E-state index contributed by atoms with van der Waals surface area (Å²) >= 11 is 0. The minimum absolute atomic E-state index is 0.0352. The molecule has 1 aliphatic rings. The fourth-order valence-electron chi connectivity index (χ4n) is 4.28. The van der Waals surface area contributed by atoms with Crippen molar-refractivity contribution in [3.8, 4) is 0 Å². The standard InChI is InChI=1S/C21H22N10O4/c1-8-6-23-9-3-4-10-15(14(9)24-8)25-20(30(10)2)29-21-26-16-17(27-19(22)28-18(16)34)31(21)13-5-11(33)12(7-32)35-13/h3-4,6,11-13,32-33H,5,7H2,1-2H3,(H,25,26,29)(H3,22,27,28,34)/i2D3. The number of aryl methyl sites for hydroxylation is 2. The molecule has 5 heterocycles. The number of aliphatic hydroxyl groups excluding tert-OH is 2. The number of aliphatic hydroxyl groups is 2. The van der Waals surface area contributed by atoms with Crippen molar-refractivity contribution >= 4 is 51.1 Å². The van der Waals surface area contributed by atoms with Gasteiger partial charge in [-0.3, -0.25) is 24.6 Å². The molecule has 35 heavy (non-hydrogen) atoms. The van der Waals surface area contributed by atoms with Gasteiger partial charge in [0.1, 0.15) is 23.4 Å². The fraction of sp³-hybridized carbons (Fsp3) is 0.333. The summed E-state index contributed by atoms with van der Waals surface area (Å²) in [5, 5.41) is 22.8.